The lowest BCUT2D eigenvalue weighted by Crippen LogP contribution is -2.22. The summed E-state index contributed by atoms with van der Waals surface area (Å²) < 4.78 is 5.16. The van der Waals surface area contributed by atoms with E-state index in [2.05, 4.69) is 5.16 Å². The van der Waals surface area contributed by atoms with Gasteiger partial charge in [0.2, 0.25) is 0 Å². The van der Waals surface area contributed by atoms with Crippen LogP contribution in [0.15, 0.2) is 33.7 Å². The van der Waals surface area contributed by atoms with Crippen molar-refractivity contribution in [2.45, 2.75) is 24.5 Å². The average Bonchev–Trinajstić information content (AvgIpc) is 2.75. The molecule has 1 amide bonds. The summed E-state index contributed by atoms with van der Waals surface area (Å²) in [6.45, 7) is 3.84. The molecule has 0 unspecified atom stereocenters. The van der Waals surface area contributed by atoms with E-state index in [1.54, 1.807) is 30.8 Å². The molecular formula is C15H18N2O2S. The first-order chi connectivity index (χ1) is 9.50. The maximum atomic E-state index is 12.1. The lowest BCUT2D eigenvalue weighted by Gasteiger charge is -2.13. The SMILES string of the molecule is Cc1noc(C)c1CSc1ccccc1C(=O)N(C)C. The normalized spacial score (nSPS) is 10.6. The standard InChI is InChI=1S/C15H18N2O2S/c1-10-13(11(2)19-16-10)9-20-14-8-6-5-7-12(14)15(18)17(3)4/h5-8H,9H2,1-4H3. The van der Waals surface area contributed by atoms with E-state index in [0.717, 1.165) is 33.2 Å². The number of carbonyl (C=O) groups excluding carboxylic acids is 1. The number of aryl methyl sites for hydroxylation is 2. The monoisotopic (exact) mass is 290 g/mol. The first-order valence-corrected chi connectivity index (χ1v) is 7.34. The molecule has 0 N–H and O–H groups in total. The molecule has 0 radical (unpaired) electrons. The van der Waals surface area contributed by atoms with Gasteiger partial charge in [-0.25, -0.2) is 0 Å². The van der Waals surface area contributed by atoms with Crippen LogP contribution in [0.5, 0.6) is 0 Å². The second-order valence-electron chi connectivity index (χ2n) is 4.79. The van der Waals surface area contributed by atoms with Crippen LogP contribution in [0.2, 0.25) is 0 Å². The van der Waals surface area contributed by atoms with Crippen molar-refractivity contribution in [3.05, 3.63) is 46.8 Å². The summed E-state index contributed by atoms with van der Waals surface area (Å²) in [5, 5.41) is 3.95. The number of carbonyl (C=O) groups is 1. The summed E-state index contributed by atoms with van der Waals surface area (Å²) in [6.07, 6.45) is 0. The van der Waals surface area contributed by atoms with Gasteiger partial charge in [-0.15, -0.1) is 11.8 Å². The maximum absolute atomic E-state index is 12.1. The van der Waals surface area contributed by atoms with Crippen molar-refractivity contribution < 1.29 is 9.32 Å². The molecule has 2 rings (SSSR count). The molecule has 0 fully saturated rings. The predicted molar refractivity (Wildman–Crippen MR) is 80.0 cm³/mol. The highest BCUT2D eigenvalue weighted by molar-refractivity contribution is 7.98. The Hall–Kier alpha value is -1.75. The van der Waals surface area contributed by atoms with Gasteiger partial charge in [0.1, 0.15) is 5.76 Å². The fourth-order valence-corrected chi connectivity index (χ4v) is 3.07. The third-order valence-corrected chi connectivity index (χ3v) is 4.18. The molecule has 1 aromatic heterocycles. The van der Waals surface area contributed by atoms with Crippen molar-refractivity contribution in [1.82, 2.24) is 10.1 Å². The number of hydrogen-bond donors (Lipinski definition) is 0. The molecule has 1 heterocycles. The van der Waals surface area contributed by atoms with Crippen molar-refractivity contribution >= 4 is 17.7 Å². The average molecular weight is 290 g/mol. The minimum Gasteiger partial charge on any atom is -0.361 e. The zero-order valence-corrected chi connectivity index (χ0v) is 13.0. The van der Waals surface area contributed by atoms with Crippen molar-refractivity contribution in [3.8, 4) is 0 Å². The number of rotatable bonds is 4. The van der Waals surface area contributed by atoms with Crippen molar-refractivity contribution in [2.24, 2.45) is 0 Å². The second kappa shape index (κ2) is 6.13. The highest BCUT2D eigenvalue weighted by Gasteiger charge is 2.15. The van der Waals surface area contributed by atoms with E-state index >= 15 is 0 Å². The molecule has 0 aliphatic rings. The molecule has 0 saturated heterocycles. The molecule has 0 saturated carbocycles. The van der Waals surface area contributed by atoms with Gasteiger partial charge in [0.15, 0.2) is 0 Å². The lowest BCUT2D eigenvalue weighted by atomic mass is 10.2. The fraction of sp³-hybridized carbons (Fsp3) is 0.333. The first-order valence-electron chi connectivity index (χ1n) is 6.36. The number of nitrogens with zero attached hydrogens (tertiary/aromatic N) is 2. The van der Waals surface area contributed by atoms with E-state index in [9.17, 15) is 4.79 Å². The predicted octanol–water partition coefficient (Wildman–Crippen LogP) is 3.29. The highest BCUT2D eigenvalue weighted by atomic mass is 32.2. The van der Waals surface area contributed by atoms with Gasteiger partial charge in [0.25, 0.3) is 5.91 Å². The molecule has 2 aromatic rings. The van der Waals surface area contributed by atoms with E-state index in [4.69, 9.17) is 4.52 Å². The first kappa shape index (κ1) is 14.7. The Morgan fingerprint density at radius 2 is 2.00 bits per heavy atom. The van der Waals surface area contributed by atoms with Crippen LogP contribution >= 0.6 is 11.8 Å². The van der Waals surface area contributed by atoms with E-state index < -0.39 is 0 Å². The molecule has 0 atom stereocenters. The van der Waals surface area contributed by atoms with Crippen LogP contribution in [0, 0.1) is 13.8 Å². The van der Waals surface area contributed by atoms with Crippen molar-refractivity contribution in [3.63, 3.8) is 0 Å². The van der Waals surface area contributed by atoms with Gasteiger partial charge in [-0.2, -0.15) is 0 Å². The van der Waals surface area contributed by atoms with Gasteiger partial charge in [0.05, 0.1) is 11.3 Å². The Morgan fingerprint density at radius 3 is 2.60 bits per heavy atom. The van der Waals surface area contributed by atoms with Gasteiger partial charge < -0.3 is 9.42 Å². The van der Waals surface area contributed by atoms with E-state index in [1.165, 1.54) is 0 Å². The Labute approximate surface area is 123 Å². The Bertz CT molecular complexity index is 601. The summed E-state index contributed by atoms with van der Waals surface area (Å²) >= 11 is 1.63. The fourth-order valence-electron chi connectivity index (χ4n) is 1.87. The van der Waals surface area contributed by atoms with Crippen LogP contribution in [-0.2, 0) is 5.75 Å². The molecule has 106 valence electrons. The largest absolute Gasteiger partial charge is 0.361 e. The van der Waals surface area contributed by atoms with Gasteiger partial charge in [0, 0.05) is 30.3 Å². The van der Waals surface area contributed by atoms with Gasteiger partial charge in [-0.3, -0.25) is 4.79 Å². The second-order valence-corrected chi connectivity index (χ2v) is 5.80. The molecule has 0 aliphatic heterocycles. The van der Waals surface area contributed by atoms with Gasteiger partial charge >= 0.3 is 0 Å². The Kier molecular flexibility index (Phi) is 4.49. The molecule has 0 spiro atoms. The summed E-state index contributed by atoms with van der Waals surface area (Å²) in [7, 11) is 3.52. The lowest BCUT2D eigenvalue weighted by molar-refractivity contribution is 0.0824. The molecular weight excluding hydrogens is 272 g/mol. The molecule has 20 heavy (non-hydrogen) atoms. The topological polar surface area (TPSA) is 46.3 Å². The summed E-state index contributed by atoms with van der Waals surface area (Å²) in [6, 6.07) is 7.66. The summed E-state index contributed by atoms with van der Waals surface area (Å²) in [5.74, 6) is 1.61. The third-order valence-electron chi connectivity index (χ3n) is 3.08. The van der Waals surface area contributed by atoms with E-state index in [1.807, 2.05) is 38.1 Å². The van der Waals surface area contributed by atoms with Crippen molar-refractivity contribution in [2.75, 3.05) is 14.1 Å². The smallest absolute Gasteiger partial charge is 0.254 e. The van der Waals surface area contributed by atoms with Crippen LogP contribution < -0.4 is 0 Å². The highest BCUT2D eigenvalue weighted by Crippen LogP contribution is 2.29. The van der Waals surface area contributed by atoms with Crippen LogP contribution in [0.4, 0.5) is 0 Å². The summed E-state index contributed by atoms with van der Waals surface area (Å²) in [5.41, 5.74) is 2.74. The number of benzene rings is 1. The molecule has 0 bridgehead atoms. The Morgan fingerprint density at radius 1 is 1.30 bits per heavy atom. The van der Waals surface area contributed by atoms with Crippen molar-refractivity contribution in [1.29, 1.82) is 0 Å². The van der Waals surface area contributed by atoms with Gasteiger partial charge in [-0.05, 0) is 26.0 Å². The number of hydrogen-bond acceptors (Lipinski definition) is 4. The minimum atomic E-state index is 0.0202. The zero-order chi connectivity index (χ0) is 14.7. The maximum Gasteiger partial charge on any atom is 0.254 e. The van der Waals surface area contributed by atoms with Gasteiger partial charge in [-0.1, -0.05) is 17.3 Å². The van der Waals surface area contributed by atoms with Crippen LogP contribution in [0.3, 0.4) is 0 Å². The van der Waals surface area contributed by atoms with E-state index in [-0.39, 0.29) is 5.91 Å². The van der Waals surface area contributed by atoms with Crippen LogP contribution in [0.1, 0.15) is 27.4 Å². The molecule has 1 aromatic carbocycles. The van der Waals surface area contributed by atoms with Crippen LogP contribution in [0.25, 0.3) is 0 Å². The zero-order valence-electron chi connectivity index (χ0n) is 12.1. The molecule has 4 nitrogen and oxygen atoms in total. The number of amides is 1. The third kappa shape index (κ3) is 3.04. The quantitative estimate of drug-likeness (QED) is 0.811. The number of aromatic nitrogens is 1. The number of thioether (sulfide) groups is 1. The molecule has 5 heteroatoms. The summed E-state index contributed by atoms with van der Waals surface area (Å²) in [4.78, 5) is 14.7. The van der Waals surface area contributed by atoms with E-state index in [0.29, 0.717) is 0 Å². The molecule has 0 aliphatic carbocycles. The van der Waals surface area contributed by atoms with Crippen LogP contribution in [-0.4, -0.2) is 30.1 Å². The minimum absolute atomic E-state index is 0.0202. The Balaban J connectivity index is 2.20.